The predicted molar refractivity (Wildman–Crippen MR) is 90.5 cm³/mol. The van der Waals surface area contributed by atoms with Crippen molar-refractivity contribution in [3.8, 4) is 6.07 Å². The Labute approximate surface area is 140 Å². The molecule has 2 aromatic carbocycles. The highest BCUT2D eigenvalue weighted by Gasteiger charge is 2.44. The van der Waals surface area contributed by atoms with E-state index in [-0.39, 0.29) is 11.4 Å². The van der Waals surface area contributed by atoms with Crippen molar-refractivity contribution in [3.63, 3.8) is 0 Å². The van der Waals surface area contributed by atoms with E-state index >= 15 is 0 Å². The molecule has 0 heterocycles. The summed E-state index contributed by atoms with van der Waals surface area (Å²) >= 11 is 5.92. The Morgan fingerprint density at radius 1 is 1.17 bits per heavy atom. The first-order valence-corrected chi connectivity index (χ1v) is 7.81. The number of urea groups is 1. The molecule has 1 saturated carbocycles. The van der Waals surface area contributed by atoms with Gasteiger partial charge in [-0.2, -0.15) is 5.26 Å². The molecule has 116 valence electrons. The standard InChI is InChI=1S/C18H16ClN3O/c19-15-7-5-14(6-8-15)18(9-10-18)12-21-17(23)22-16-4-2-1-3-13(16)11-20/h1-8H,9-10,12H2,(H2,21,22,23). The lowest BCUT2D eigenvalue weighted by atomic mass is 9.96. The van der Waals surface area contributed by atoms with E-state index in [4.69, 9.17) is 16.9 Å². The van der Waals surface area contributed by atoms with Crippen molar-refractivity contribution in [2.24, 2.45) is 0 Å². The van der Waals surface area contributed by atoms with Crippen molar-refractivity contribution < 1.29 is 4.79 Å². The highest BCUT2D eigenvalue weighted by Crippen LogP contribution is 2.47. The fraction of sp³-hybridized carbons (Fsp3) is 0.222. The van der Waals surface area contributed by atoms with Gasteiger partial charge in [-0.05, 0) is 42.7 Å². The van der Waals surface area contributed by atoms with Crippen LogP contribution < -0.4 is 10.6 Å². The number of benzene rings is 2. The number of para-hydroxylation sites is 1. The minimum atomic E-state index is -0.298. The molecule has 1 aliphatic rings. The zero-order valence-corrected chi connectivity index (χ0v) is 13.2. The van der Waals surface area contributed by atoms with E-state index < -0.39 is 0 Å². The summed E-state index contributed by atoms with van der Waals surface area (Å²) in [4.78, 5) is 12.1. The maximum absolute atomic E-state index is 12.1. The molecule has 3 rings (SSSR count). The van der Waals surface area contributed by atoms with Gasteiger partial charge in [0.15, 0.2) is 0 Å². The largest absolute Gasteiger partial charge is 0.337 e. The van der Waals surface area contributed by atoms with E-state index in [1.54, 1.807) is 24.3 Å². The van der Waals surface area contributed by atoms with E-state index in [0.29, 0.717) is 22.8 Å². The third-order valence-corrected chi connectivity index (χ3v) is 4.45. The normalized spacial score (nSPS) is 14.6. The van der Waals surface area contributed by atoms with Crippen molar-refractivity contribution in [1.29, 1.82) is 5.26 Å². The van der Waals surface area contributed by atoms with E-state index in [9.17, 15) is 4.79 Å². The van der Waals surface area contributed by atoms with Crippen LogP contribution in [0.15, 0.2) is 48.5 Å². The number of hydrogen-bond acceptors (Lipinski definition) is 2. The topological polar surface area (TPSA) is 64.9 Å². The maximum atomic E-state index is 12.1. The van der Waals surface area contributed by atoms with Gasteiger partial charge in [-0.25, -0.2) is 4.79 Å². The van der Waals surface area contributed by atoms with Crippen LogP contribution in [0.1, 0.15) is 24.0 Å². The van der Waals surface area contributed by atoms with Crippen molar-refractivity contribution >= 4 is 23.3 Å². The van der Waals surface area contributed by atoms with Crippen LogP contribution in [0.4, 0.5) is 10.5 Å². The monoisotopic (exact) mass is 325 g/mol. The first-order chi connectivity index (χ1) is 11.1. The molecule has 2 aromatic rings. The van der Waals surface area contributed by atoms with E-state index in [0.717, 1.165) is 12.8 Å². The second-order valence-corrected chi connectivity index (χ2v) is 6.19. The number of nitrogens with one attached hydrogen (secondary N) is 2. The third-order valence-electron chi connectivity index (χ3n) is 4.19. The minimum Gasteiger partial charge on any atom is -0.337 e. The summed E-state index contributed by atoms with van der Waals surface area (Å²) in [7, 11) is 0. The zero-order valence-electron chi connectivity index (χ0n) is 12.5. The molecule has 0 atom stereocenters. The second kappa shape index (κ2) is 6.31. The van der Waals surface area contributed by atoms with Gasteiger partial charge in [0.1, 0.15) is 6.07 Å². The van der Waals surface area contributed by atoms with Crippen LogP contribution in [0.25, 0.3) is 0 Å². The molecule has 0 radical (unpaired) electrons. The summed E-state index contributed by atoms with van der Waals surface area (Å²) in [5, 5.41) is 15.4. The van der Waals surface area contributed by atoms with Crippen LogP contribution in [0.2, 0.25) is 5.02 Å². The highest BCUT2D eigenvalue weighted by atomic mass is 35.5. The lowest BCUT2D eigenvalue weighted by Crippen LogP contribution is -2.35. The molecule has 0 bridgehead atoms. The summed E-state index contributed by atoms with van der Waals surface area (Å²) in [5.74, 6) is 0. The van der Waals surface area contributed by atoms with Gasteiger partial charge >= 0.3 is 6.03 Å². The van der Waals surface area contributed by atoms with Crippen LogP contribution in [0, 0.1) is 11.3 Å². The molecular formula is C18H16ClN3O. The molecule has 1 fully saturated rings. The molecule has 0 unspecified atom stereocenters. The van der Waals surface area contributed by atoms with Gasteiger partial charge in [0.25, 0.3) is 0 Å². The number of halogens is 1. The molecule has 2 amide bonds. The summed E-state index contributed by atoms with van der Waals surface area (Å²) in [6, 6.07) is 16.5. The maximum Gasteiger partial charge on any atom is 0.319 e. The van der Waals surface area contributed by atoms with Gasteiger partial charge in [0, 0.05) is 17.0 Å². The van der Waals surface area contributed by atoms with Gasteiger partial charge in [-0.1, -0.05) is 35.9 Å². The van der Waals surface area contributed by atoms with Crippen LogP contribution in [-0.2, 0) is 5.41 Å². The average molecular weight is 326 g/mol. The fourth-order valence-electron chi connectivity index (χ4n) is 2.63. The first-order valence-electron chi connectivity index (χ1n) is 7.43. The highest BCUT2D eigenvalue weighted by molar-refractivity contribution is 6.30. The molecule has 4 nitrogen and oxygen atoms in total. The summed E-state index contributed by atoms with van der Waals surface area (Å²) in [5.41, 5.74) is 2.17. The Balaban J connectivity index is 1.61. The van der Waals surface area contributed by atoms with Gasteiger partial charge in [-0.3, -0.25) is 0 Å². The number of amides is 2. The second-order valence-electron chi connectivity index (χ2n) is 5.75. The number of anilines is 1. The Kier molecular flexibility index (Phi) is 4.22. The number of hydrogen-bond donors (Lipinski definition) is 2. The molecule has 23 heavy (non-hydrogen) atoms. The summed E-state index contributed by atoms with van der Waals surface area (Å²) in [6.07, 6.45) is 2.09. The van der Waals surface area contributed by atoms with Gasteiger partial charge < -0.3 is 10.6 Å². The SMILES string of the molecule is N#Cc1ccccc1NC(=O)NCC1(c2ccc(Cl)cc2)CC1. The Hall–Kier alpha value is -2.51. The fourth-order valence-corrected chi connectivity index (χ4v) is 2.75. The van der Waals surface area contributed by atoms with Crippen molar-refractivity contribution in [2.75, 3.05) is 11.9 Å². The molecular weight excluding hydrogens is 310 g/mol. The Morgan fingerprint density at radius 2 is 1.87 bits per heavy atom. The Bertz CT molecular complexity index is 761. The lowest BCUT2D eigenvalue weighted by Gasteiger charge is -2.17. The van der Waals surface area contributed by atoms with Gasteiger partial charge in [-0.15, -0.1) is 0 Å². The molecule has 2 N–H and O–H groups in total. The molecule has 1 aliphatic carbocycles. The number of nitriles is 1. The van der Waals surface area contributed by atoms with Crippen LogP contribution in [-0.4, -0.2) is 12.6 Å². The van der Waals surface area contributed by atoms with E-state index in [1.807, 2.05) is 24.3 Å². The number of carbonyl (C=O) groups is 1. The molecule has 5 heteroatoms. The van der Waals surface area contributed by atoms with E-state index in [1.165, 1.54) is 5.56 Å². The number of carbonyl (C=O) groups excluding carboxylic acids is 1. The van der Waals surface area contributed by atoms with Gasteiger partial charge in [0.05, 0.1) is 11.3 Å². The van der Waals surface area contributed by atoms with Crippen molar-refractivity contribution in [3.05, 3.63) is 64.7 Å². The predicted octanol–water partition coefficient (Wildman–Crippen LogP) is 4.06. The molecule has 0 aliphatic heterocycles. The van der Waals surface area contributed by atoms with E-state index in [2.05, 4.69) is 16.7 Å². The third kappa shape index (κ3) is 3.46. The van der Waals surface area contributed by atoms with Crippen molar-refractivity contribution in [1.82, 2.24) is 5.32 Å². The van der Waals surface area contributed by atoms with Crippen molar-refractivity contribution in [2.45, 2.75) is 18.3 Å². The lowest BCUT2D eigenvalue weighted by molar-refractivity contribution is 0.251. The zero-order chi connectivity index (χ0) is 16.3. The van der Waals surface area contributed by atoms with Crippen LogP contribution >= 0.6 is 11.6 Å². The van der Waals surface area contributed by atoms with Crippen LogP contribution in [0.3, 0.4) is 0 Å². The number of rotatable bonds is 4. The molecule has 0 spiro atoms. The smallest absolute Gasteiger partial charge is 0.319 e. The average Bonchev–Trinajstić information content (AvgIpc) is 3.35. The number of nitrogens with zero attached hydrogens (tertiary/aromatic N) is 1. The summed E-state index contributed by atoms with van der Waals surface area (Å²) in [6.45, 7) is 0.565. The molecule has 0 saturated heterocycles. The van der Waals surface area contributed by atoms with Gasteiger partial charge in [0.2, 0.25) is 0 Å². The molecule has 0 aromatic heterocycles. The van der Waals surface area contributed by atoms with Crippen LogP contribution in [0.5, 0.6) is 0 Å². The quantitative estimate of drug-likeness (QED) is 0.890. The minimum absolute atomic E-state index is 0.0106. The summed E-state index contributed by atoms with van der Waals surface area (Å²) < 4.78 is 0. The Morgan fingerprint density at radius 3 is 2.52 bits per heavy atom. The first kappa shape index (κ1) is 15.4.